The number of para-hydroxylation sites is 1. The van der Waals surface area contributed by atoms with Gasteiger partial charge in [0.25, 0.3) is 5.91 Å². The number of alkyl halides is 3. The molecule has 51 heavy (non-hydrogen) atoms. The third-order valence-corrected chi connectivity index (χ3v) is 11.1. The zero-order valence-corrected chi connectivity index (χ0v) is 29.2. The van der Waals surface area contributed by atoms with Crippen LogP contribution in [0.15, 0.2) is 42.6 Å². The summed E-state index contributed by atoms with van der Waals surface area (Å²) >= 11 is 0. The molecule has 2 aromatic carbocycles. The third kappa shape index (κ3) is 7.02. The zero-order valence-electron chi connectivity index (χ0n) is 29.2. The van der Waals surface area contributed by atoms with Crippen molar-refractivity contribution in [3.05, 3.63) is 59.3 Å². The van der Waals surface area contributed by atoms with Crippen LogP contribution in [-0.4, -0.2) is 71.6 Å². The van der Waals surface area contributed by atoms with Gasteiger partial charge in [0.1, 0.15) is 28.5 Å². The van der Waals surface area contributed by atoms with Gasteiger partial charge in [0, 0.05) is 51.4 Å². The van der Waals surface area contributed by atoms with Gasteiger partial charge in [-0.15, -0.1) is 0 Å². The Labute approximate surface area is 295 Å². The van der Waals surface area contributed by atoms with Crippen molar-refractivity contribution >= 4 is 35.0 Å². The summed E-state index contributed by atoms with van der Waals surface area (Å²) in [5.41, 5.74) is 0.0599. The molecule has 1 aliphatic heterocycles. The molecule has 4 saturated carbocycles. The molecule has 5 aliphatic rings. The van der Waals surface area contributed by atoms with Gasteiger partial charge < -0.3 is 30.7 Å². The summed E-state index contributed by atoms with van der Waals surface area (Å²) in [5, 5.41) is 11.4. The van der Waals surface area contributed by atoms with E-state index in [1.165, 1.54) is 33.1 Å². The standard InChI is InChI=1S/C37H44F3N7O4/c1-20-6-5-7-27(34(49)41-3)31(20)45-33-28(37(38,39)40)18-42-35(46-33)44-29-9-8-26(14-30(29)50-4)51-36-15-22-12-23(16-36)32(24(13-22)17-36)47-11-10-25(19-47)43-21(2)48/h5-9,14,18,22-25,32H,10-13,15-17,19H2,1-4H3,(H,41,49)(H,43,48)(H2,42,44,45,46)/t22?,23?,24?,25-,32-,36-/m0/s1. The second-order valence-corrected chi connectivity index (χ2v) is 14.6. The van der Waals surface area contributed by atoms with Crippen LogP contribution in [0.1, 0.15) is 66.9 Å². The lowest BCUT2D eigenvalue weighted by atomic mass is 9.52. The highest BCUT2D eigenvalue weighted by atomic mass is 19.4. The van der Waals surface area contributed by atoms with Crippen LogP contribution in [0.5, 0.6) is 11.5 Å². The highest BCUT2D eigenvalue weighted by Gasteiger charge is 2.58. The Bertz CT molecular complexity index is 1810. The summed E-state index contributed by atoms with van der Waals surface area (Å²) in [6.07, 6.45) is 2.33. The van der Waals surface area contributed by atoms with E-state index in [1.54, 1.807) is 38.1 Å². The number of nitrogens with one attached hydrogen (secondary N) is 4. The lowest BCUT2D eigenvalue weighted by molar-refractivity contribution is -0.144. The van der Waals surface area contributed by atoms with E-state index in [1.807, 2.05) is 6.07 Å². The number of nitrogens with zero attached hydrogens (tertiary/aromatic N) is 3. The van der Waals surface area contributed by atoms with Crippen molar-refractivity contribution in [1.82, 2.24) is 25.5 Å². The average molecular weight is 708 g/mol. The van der Waals surface area contributed by atoms with E-state index in [2.05, 4.69) is 36.1 Å². The number of amides is 2. The van der Waals surface area contributed by atoms with Crippen LogP contribution in [-0.2, 0) is 11.0 Å². The fraction of sp³-hybridized carbons (Fsp3) is 0.514. The van der Waals surface area contributed by atoms with E-state index >= 15 is 0 Å². The minimum Gasteiger partial charge on any atom is -0.494 e. The summed E-state index contributed by atoms with van der Waals surface area (Å²) in [6, 6.07) is 11.0. The summed E-state index contributed by atoms with van der Waals surface area (Å²) < 4.78 is 54.8. The van der Waals surface area contributed by atoms with E-state index in [0.29, 0.717) is 52.7 Å². The maximum Gasteiger partial charge on any atom is 0.421 e. The zero-order chi connectivity index (χ0) is 36.1. The van der Waals surface area contributed by atoms with Crippen molar-refractivity contribution in [3.63, 3.8) is 0 Å². The van der Waals surface area contributed by atoms with Crippen molar-refractivity contribution in [2.75, 3.05) is 37.9 Å². The van der Waals surface area contributed by atoms with Crippen molar-refractivity contribution in [2.24, 2.45) is 17.8 Å². The van der Waals surface area contributed by atoms with Gasteiger partial charge in [0.05, 0.1) is 24.0 Å². The van der Waals surface area contributed by atoms with E-state index in [9.17, 15) is 22.8 Å². The molecule has 2 amide bonds. The van der Waals surface area contributed by atoms with Crippen LogP contribution in [0, 0.1) is 24.7 Å². The Morgan fingerprint density at radius 3 is 2.51 bits per heavy atom. The number of ether oxygens (including phenoxy) is 2. The summed E-state index contributed by atoms with van der Waals surface area (Å²) in [5.74, 6) is 1.78. The number of aryl methyl sites for hydroxylation is 1. The lowest BCUT2D eigenvalue weighted by Gasteiger charge is -2.61. The van der Waals surface area contributed by atoms with Gasteiger partial charge in [0.2, 0.25) is 11.9 Å². The normalized spacial score (nSPS) is 26.8. The van der Waals surface area contributed by atoms with Crippen molar-refractivity contribution in [2.45, 2.75) is 76.2 Å². The first-order chi connectivity index (χ1) is 24.3. The second kappa shape index (κ2) is 13.5. The number of rotatable bonds is 10. The van der Waals surface area contributed by atoms with Gasteiger partial charge in [-0.3, -0.25) is 14.5 Å². The number of anilines is 4. The Morgan fingerprint density at radius 1 is 1.06 bits per heavy atom. The number of halogens is 3. The molecular weight excluding hydrogens is 663 g/mol. The molecule has 4 bridgehead atoms. The number of methoxy groups -OCH3 is 1. The van der Waals surface area contributed by atoms with E-state index in [4.69, 9.17) is 9.47 Å². The van der Waals surface area contributed by atoms with Crippen LogP contribution in [0.2, 0.25) is 0 Å². The van der Waals surface area contributed by atoms with Gasteiger partial charge in [-0.25, -0.2) is 4.98 Å². The Balaban J connectivity index is 1.09. The molecule has 0 radical (unpaired) electrons. The topological polar surface area (TPSA) is 130 Å². The SMILES string of the molecule is CNC(=O)c1cccc(C)c1Nc1nc(Nc2ccc(O[C@]34CC5CC(C3)[C@@H](N3CC[C@H](NC(C)=O)C3)C(C5)C4)cc2OC)ncc1C(F)(F)F. The van der Waals surface area contributed by atoms with Gasteiger partial charge in [-0.1, -0.05) is 12.1 Å². The van der Waals surface area contributed by atoms with Gasteiger partial charge in [-0.05, 0) is 87.0 Å². The molecular formula is C37H44F3N7O4. The molecule has 8 rings (SSSR count). The summed E-state index contributed by atoms with van der Waals surface area (Å²) in [7, 11) is 2.97. The van der Waals surface area contributed by atoms with Crippen LogP contribution in [0.25, 0.3) is 0 Å². The van der Waals surface area contributed by atoms with Crippen molar-refractivity contribution in [3.8, 4) is 11.5 Å². The molecule has 1 aromatic heterocycles. The lowest BCUT2D eigenvalue weighted by Crippen LogP contribution is -2.63. The van der Waals surface area contributed by atoms with Crippen LogP contribution in [0.4, 0.5) is 36.3 Å². The molecule has 3 atom stereocenters. The molecule has 4 N–H and O–H groups in total. The number of benzene rings is 2. The predicted molar refractivity (Wildman–Crippen MR) is 186 cm³/mol. The van der Waals surface area contributed by atoms with E-state index in [-0.39, 0.29) is 34.7 Å². The average Bonchev–Trinajstić information content (AvgIpc) is 3.52. The molecule has 5 fully saturated rings. The van der Waals surface area contributed by atoms with Gasteiger partial charge in [-0.2, -0.15) is 18.2 Å². The number of hydrogen-bond donors (Lipinski definition) is 4. The second-order valence-electron chi connectivity index (χ2n) is 14.6. The minimum atomic E-state index is -4.76. The van der Waals surface area contributed by atoms with Crippen molar-refractivity contribution in [1.29, 1.82) is 0 Å². The molecule has 14 heteroatoms. The fourth-order valence-electron chi connectivity index (χ4n) is 9.34. The van der Waals surface area contributed by atoms with E-state index in [0.717, 1.165) is 38.8 Å². The van der Waals surface area contributed by atoms with Gasteiger partial charge in [0.15, 0.2) is 0 Å². The highest BCUT2D eigenvalue weighted by molar-refractivity contribution is 6.00. The maximum atomic E-state index is 14.1. The highest BCUT2D eigenvalue weighted by Crippen LogP contribution is 2.58. The molecule has 1 saturated heterocycles. The Hall–Kier alpha value is -4.59. The van der Waals surface area contributed by atoms with E-state index < -0.39 is 23.5 Å². The summed E-state index contributed by atoms with van der Waals surface area (Å²) in [6.45, 7) is 5.19. The first-order valence-corrected chi connectivity index (χ1v) is 17.5. The quantitative estimate of drug-likeness (QED) is 0.195. The maximum absolute atomic E-state index is 14.1. The smallest absolute Gasteiger partial charge is 0.421 e. The molecule has 2 heterocycles. The number of aromatic nitrogens is 2. The molecule has 272 valence electrons. The minimum absolute atomic E-state index is 0.0281. The first-order valence-electron chi connectivity index (χ1n) is 17.5. The monoisotopic (exact) mass is 707 g/mol. The molecule has 2 unspecified atom stereocenters. The predicted octanol–water partition coefficient (Wildman–Crippen LogP) is 6.20. The first kappa shape index (κ1) is 34.8. The Kier molecular flexibility index (Phi) is 9.23. The van der Waals surface area contributed by atoms with Gasteiger partial charge >= 0.3 is 6.18 Å². The fourth-order valence-corrected chi connectivity index (χ4v) is 9.34. The van der Waals surface area contributed by atoms with Crippen LogP contribution >= 0.6 is 0 Å². The molecule has 4 aliphatic carbocycles. The molecule has 11 nitrogen and oxygen atoms in total. The van der Waals surface area contributed by atoms with Crippen molar-refractivity contribution < 1.29 is 32.2 Å². The number of carbonyl (C=O) groups is 2. The number of likely N-dealkylation sites (tertiary alicyclic amines) is 1. The largest absolute Gasteiger partial charge is 0.494 e. The third-order valence-electron chi connectivity index (χ3n) is 11.1. The molecule has 3 aromatic rings. The summed E-state index contributed by atoms with van der Waals surface area (Å²) in [4.78, 5) is 35.0. The number of carbonyl (C=O) groups excluding carboxylic acids is 2. The van der Waals surface area contributed by atoms with Crippen LogP contribution in [0.3, 0.4) is 0 Å². The van der Waals surface area contributed by atoms with Crippen LogP contribution < -0.4 is 30.7 Å². The Morgan fingerprint density at radius 2 is 1.82 bits per heavy atom. The number of hydrogen-bond acceptors (Lipinski definition) is 9. The molecule has 0 spiro atoms.